The zero-order valence-corrected chi connectivity index (χ0v) is 24.4. The van der Waals surface area contributed by atoms with E-state index in [0.29, 0.717) is 11.5 Å². The summed E-state index contributed by atoms with van der Waals surface area (Å²) < 4.78 is 9.11. The highest BCUT2D eigenvalue weighted by Crippen LogP contribution is 2.35. The number of halogens is 3. The predicted molar refractivity (Wildman–Crippen MR) is 157 cm³/mol. The van der Waals surface area contributed by atoms with Crippen molar-refractivity contribution >= 4 is 90.5 Å². The van der Waals surface area contributed by atoms with Crippen molar-refractivity contribution in [2.75, 3.05) is 5.32 Å². The first-order valence-electron chi connectivity index (χ1n) is 10.3. The van der Waals surface area contributed by atoms with Gasteiger partial charge in [0, 0.05) is 9.26 Å². The second-order valence-electron chi connectivity index (χ2n) is 7.40. The summed E-state index contributed by atoms with van der Waals surface area (Å²) in [6.07, 6.45) is 2.92. The Bertz CT molecular complexity index is 1160. The van der Waals surface area contributed by atoms with Gasteiger partial charge in [-0.3, -0.25) is 4.79 Å². The molecule has 0 aliphatic carbocycles. The molecular formula is C25H21BrI2N2O2S. The van der Waals surface area contributed by atoms with Gasteiger partial charge in [-0.25, -0.2) is 0 Å². The second-order valence-corrected chi connectivity index (χ2v) is 11.8. The third kappa shape index (κ3) is 6.67. The van der Waals surface area contributed by atoms with Gasteiger partial charge in [-0.1, -0.05) is 43.0 Å². The summed E-state index contributed by atoms with van der Waals surface area (Å²) in [7, 11) is 0. The molecule has 1 amide bonds. The first-order valence-corrected chi connectivity index (χ1v) is 14.2. The maximum atomic E-state index is 12.5. The van der Waals surface area contributed by atoms with Crippen molar-refractivity contribution in [2.24, 2.45) is 0 Å². The zero-order valence-electron chi connectivity index (χ0n) is 17.7. The van der Waals surface area contributed by atoms with Crippen LogP contribution in [0.15, 0.2) is 70.0 Å². The van der Waals surface area contributed by atoms with Gasteiger partial charge in [0.2, 0.25) is 0 Å². The van der Waals surface area contributed by atoms with Crippen LogP contribution in [0.5, 0.6) is 5.75 Å². The van der Waals surface area contributed by atoms with E-state index in [4.69, 9.17) is 4.74 Å². The second kappa shape index (κ2) is 11.5. The quantitative estimate of drug-likeness (QED) is 0.196. The fourth-order valence-corrected chi connectivity index (χ4v) is 6.35. The molecule has 0 unspecified atom stereocenters. The number of rotatable bonds is 7. The molecule has 4 nitrogen and oxygen atoms in total. The number of benzene rings is 3. The summed E-state index contributed by atoms with van der Waals surface area (Å²) in [6.45, 7) is 2.63. The average molecular weight is 747 g/mol. The maximum Gasteiger partial charge on any atom is 0.260 e. The number of anilines is 1. The molecule has 2 N–H and O–H groups in total. The Morgan fingerprint density at radius 2 is 1.79 bits per heavy atom. The molecule has 1 aliphatic heterocycles. The Hall–Kier alpha value is -1.24. The van der Waals surface area contributed by atoms with E-state index in [-0.39, 0.29) is 11.4 Å². The fourth-order valence-electron chi connectivity index (χ4n) is 3.24. The number of carbonyl (C=O) groups is 1. The number of hydrogen-bond donors (Lipinski definition) is 2. The average Bonchev–Trinajstić information content (AvgIpc) is 3.13. The number of hydrogen-bond acceptors (Lipinski definition) is 4. The van der Waals surface area contributed by atoms with Crippen LogP contribution in [0.2, 0.25) is 0 Å². The summed E-state index contributed by atoms with van der Waals surface area (Å²) >= 11 is 9.68. The van der Waals surface area contributed by atoms with Crippen LogP contribution in [-0.2, 0) is 17.8 Å². The lowest BCUT2D eigenvalue weighted by Gasteiger charge is -2.13. The molecule has 0 spiro atoms. The van der Waals surface area contributed by atoms with Crippen molar-refractivity contribution in [1.29, 1.82) is 0 Å². The molecule has 1 aliphatic rings. The molecule has 170 valence electrons. The molecule has 1 heterocycles. The summed E-state index contributed by atoms with van der Waals surface area (Å²) in [5, 5.41) is 6.36. The Balaban J connectivity index is 1.43. The van der Waals surface area contributed by atoms with Crippen LogP contribution in [0.4, 0.5) is 5.69 Å². The van der Waals surface area contributed by atoms with Crippen molar-refractivity contribution in [3.63, 3.8) is 0 Å². The van der Waals surface area contributed by atoms with Gasteiger partial charge in [0.25, 0.3) is 5.91 Å². The lowest BCUT2D eigenvalue weighted by Crippen LogP contribution is -2.30. The molecule has 8 heteroatoms. The van der Waals surface area contributed by atoms with Gasteiger partial charge in [-0.05, 0) is 127 Å². The lowest BCUT2D eigenvalue weighted by atomic mass is 10.1. The van der Waals surface area contributed by atoms with Gasteiger partial charge in [0.1, 0.15) is 12.4 Å². The van der Waals surface area contributed by atoms with Crippen molar-refractivity contribution in [3.05, 3.63) is 93.9 Å². The highest BCUT2D eigenvalue weighted by molar-refractivity contribution is 14.1. The van der Waals surface area contributed by atoms with E-state index in [9.17, 15) is 4.79 Å². The summed E-state index contributed by atoms with van der Waals surface area (Å²) in [5.41, 5.74) is 4.13. The largest absolute Gasteiger partial charge is 0.487 e. The minimum Gasteiger partial charge on any atom is -0.487 e. The molecule has 0 bridgehead atoms. The monoisotopic (exact) mass is 746 g/mol. The number of amides is 1. The number of thioether (sulfide) groups is 1. The van der Waals surface area contributed by atoms with Gasteiger partial charge < -0.3 is 15.4 Å². The lowest BCUT2D eigenvalue weighted by molar-refractivity contribution is -0.116. The summed E-state index contributed by atoms with van der Waals surface area (Å²) in [5.74, 6) is 0.725. The number of nitrogens with one attached hydrogen (secondary N) is 2. The van der Waals surface area contributed by atoms with Crippen LogP contribution in [0, 0.1) is 7.14 Å². The fraction of sp³-hybridized carbons (Fsp3) is 0.160. The van der Waals surface area contributed by atoms with E-state index in [1.54, 1.807) is 0 Å². The highest BCUT2D eigenvalue weighted by atomic mass is 127. The van der Waals surface area contributed by atoms with Gasteiger partial charge >= 0.3 is 0 Å². The first kappa shape index (κ1) is 24.9. The molecule has 0 radical (unpaired) electrons. The molecule has 33 heavy (non-hydrogen) atoms. The summed E-state index contributed by atoms with van der Waals surface area (Å²) in [4.78, 5) is 13.2. The smallest absolute Gasteiger partial charge is 0.260 e. The molecule has 3 aromatic rings. The normalized spacial score (nSPS) is 16.7. The minimum atomic E-state index is -0.199. The molecule has 1 atom stereocenters. The van der Waals surface area contributed by atoms with Crippen LogP contribution in [0.1, 0.15) is 23.6 Å². The van der Waals surface area contributed by atoms with E-state index in [1.165, 1.54) is 20.9 Å². The topological polar surface area (TPSA) is 50.4 Å². The minimum absolute atomic E-state index is 0.0761. The Morgan fingerprint density at radius 3 is 2.45 bits per heavy atom. The Labute approximate surface area is 233 Å². The van der Waals surface area contributed by atoms with Crippen LogP contribution in [0.25, 0.3) is 6.08 Å². The van der Waals surface area contributed by atoms with E-state index in [1.807, 2.05) is 30.3 Å². The molecule has 1 fully saturated rings. The van der Waals surface area contributed by atoms with Crippen molar-refractivity contribution in [1.82, 2.24) is 5.32 Å². The van der Waals surface area contributed by atoms with E-state index in [0.717, 1.165) is 37.0 Å². The van der Waals surface area contributed by atoms with Gasteiger partial charge in [-0.2, -0.15) is 0 Å². The van der Waals surface area contributed by atoms with Crippen LogP contribution >= 0.6 is 72.9 Å². The number of ether oxygens (including phenoxy) is 1. The molecule has 0 saturated carbocycles. The summed E-state index contributed by atoms with van der Waals surface area (Å²) in [6, 6.07) is 20.6. The van der Waals surface area contributed by atoms with E-state index < -0.39 is 0 Å². The molecule has 3 aromatic carbocycles. The van der Waals surface area contributed by atoms with Crippen LogP contribution < -0.4 is 15.4 Å². The van der Waals surface area contributed by atoms with Gasteiger partial charge in [0.05, 0.1) is 12.9 Å². The number of carbonyl (C=O) groups excluding carboxylic acids is 1. The third-order valence-corrected chi connectivity index (χ3v) is 8.14. The number of aryl methyl sites for hydroxylation is 1. The standard InChI is InChI=1S/C25H21BrI2N2O2S/c1-2-15-5-9-19(10-6-15)29-25-30-24(31)22(33-25)13-17-11-20(26)23(21(28)12-17)32-14-16-3-7-18(27)8-4-16/h3-13,25,29H,2,14H2,1H3,(H,30,31)/b22-13-/t25-/m1/s1. The van der Waals surface area contributed by atoms with E-state index in [2.05, 4.69) is 115 Å². The molecule has 0 aromatic heterocycles. The zero-order chi connectivity index (χ0) is 23.4. The van der Waals surface area contributed by atoms with Crippen molar-refractivity contribution < 1.29 is 9.53 Å². The van der Waals surface area contributed by atoms with Crippen molar-refractivity contribution in [2.45, 2.75) is 25.4 Å². The third-order valence-electron chi connectivity index (χ3n) is 5.01. The van der Waals surface area contributed by atoms with Crippen molar-refractivity contribution in [3.8, 4) is 5.75 Å². The predicted octanol–water partition coefficient (Wildman–Crippen LogP) is 7.40. The Morgan fingerprint density at radius 1 is 1.09 bits per heavy atom. The SMILES string of the molecule is CCc1ccc(N[C@@H]2NC(=O)/C(=C/c3cc(Br)c(OCc4ccc(I)cc4)c(I)c3)S2)cc1. The van der Waals surface area contributed by atoms with Crippen LogP contribution in [-0.4, -0.2) is 11.4 Å². The van der Waals surface area contributed by atoms with E-state index >= 15 is 0 Å². The first-order chi connectivity index (χ1) is 15.9. The molecular weight excluding hydrogens is 726 g/mol. The Kier molecular flexibility index (Phi) is 8.64. The maximum absolute atomic E-state index is 12.5. The molecule has 4 rings (SSSR count). The van der Waals surface area contributed by atoms with Gasteiger partial charge in [-0.15, -0.1) is 0 Å². The van der Waals surface area contributed by atoms with Gasteiger partial charge in [0.15, 0.2) is 5.50 Å². The molecule has 1 saturated heterocycles. The van der Waals surface area contributed by atoms with Crippen LogP contribution in [0.3, 0.4) is 0 Å². The highest BCUT2D eigenvalue weighted by Gasteiger charge is 2.27.